The van der Waals surface area contributed by atoms with Gasteiger partial charge in [0.15, 0.2) is 5.65 Å². The van der Waals surface area contributed by atoms with Crippen LogP contribution >= 0.6 is 11.6 Å². The fourth-order valence-corrected chi connectivity index (χ4v) is 5.93. The molecule has 0 spiro atoms. The Morgan fingerprint density at radius 1 is 1.24 bits per heavy atom. The molecule has 2 fully saturated rings. The van der Waals surface area contributed by atoms with Crippen molar-refractivity contribution in [1.82, 2.24) is 34.2 Å². The van der Waals surface area contributed by atoms with Crippen molar-refractivity contribution < 1.29 is 23.1 Å². The molecule has 2 aliphatic heterocycles. The van der Waals surface area contributed by atoms with Gasteiger partial charge in [-0.2, -0.15) is 19.0 Å². The van der Waals surface area contributed by atoms with Gasteiger partial charge >= 0.3 is 6.61 Å². The van der Waals surface area contributed by atoms with Gasteiger partial charge in [-0.15, -0.1) is 0 Å². The van der Waals surface area contributed by atoms with Crippen LogP contribution in [0.5, 0.6) is 5.75 Å². The number of carbonyl (C=O) groups is 2. The summed E-state index contributed by atoms with van der Waals surface area (Å²) in [7, 11) is 2.09. The van der Waals surface area contributed by atoms with E-state index in [4.69, 9.17) is 16.3 Å². The number of piperidine rings is 1. The van der Waals surface area contributed by atoms with E-state index in [2.05, 4.69) is 32.4 Å². The Bertz CT molecular complexity index is 1610. The van der Waals surface area contributed by atoms with Gasteiger partial charge in [0.1, 0.15) is 23.6 Å². The lowest BCUT2D eigenvalue weighted by molar-refractivity contribution is -0.133. The molecule has 2 amide bonds. The molecule has 214 valence electrons. The average Bonchev–Trinajstić information content (AvgIpc) is 3.66. The number of hydrogen-bond donors (Lipinski definition) is 1. The SMILES string of the molecule is CN1CCC2[C@@H](CCN2C(=O)Cn2cc(NC(=O)c3cnn4cccnc34)c(-c3cc(Cl)ccc3OC(F)F)n2)C1. The fraction of sp³-hybridized carbons (Fsp3) is 0.370. The van der Waals surface area contributed by atoms with Crippen LogP contribution in [0.4, 0.5) is 14.5 Å². The van der Waals surface area contributed by atoms with Gasteiger partial charge in [0.05, 0.1) is 11.9 Å². The van der Waals surface area contributed by atoms with Crippen molar-refractivity contribution in [3.8, 4) is 17.0 Å². The lowest BCUT2D eigenvalue weighted by Gasteiger charge is -2.36. The first-order chi connectivity index (χ1) is 19.8. The van der Waals surface area contributed by atoms with Crippen LogP contribution in [0.1, 0.15) is 23.2 Å². The number of ether oxygens (including phenoxy) is 1. The number of carbonyl (C=O) groups excluding carboxylic acids is 2. The highest BCUT2D eigenvalue weighted by Crippen LogP contribution is 2.37. The zero-order valence-corrected chi connectivity index (χ0v) is 22.8. The van der Waals surface area contributed by atoms with Crippen molar-refractivity contribution in [3.63, 3.8) is 0 Å². The quantitative estimate of drug-likeness (QED) is 0.353. The van der Waals surface area contributed by atoms with Crippen molar-refractivity contribution in [3.05, 3.63) is 59.6 Å². The first-order valence-electron chi connectivity index (χ1n) is 13.2. The van der Waals surface area contributed by atoms with Crippen LogP contribution in [0.15, 0.2) is 49.1 Å². The summed E-state index contributed by atoms with van der Waals surface area (Å²) in [4.78, 5) is 35.2. The minimum atomic E-state index is -3.10. The predicted octanol–water partition coefficient (Wildman–Crippen LogP) is 3.65. The van der Waals surface area contributed by atoms with Crippen LogP contribution in [-0.4, -0.2) is 85.3 Å². The molecule has 4 aromatic rings. The van der Waals surface area contributed by atoms with E-state index in [0.29, 0.717) is 18.1 Å². The summed E-state index contributed by atoms with van der Waals surface area (Å²) in [6.45, 7) is -0.642. The number of hydrogen-bond acceptors (Lipinski definition) is 7. The number of alkyl halides is 2. The molecule has 0 radical (unpaired) electrons. The monoisotopic (exact) mass is 584 g/mol. The lowest BCUT2D eigenvalue weighted by atomic mass is 9.93. The van der Waals surface area contributed by atoms with Crippen LogP contribution in [0.3, 0.4) is 0 Å². The largest absolute Gasteiger partial charge is 0.434 e. The zero-order valence-electron chi connectivity index (χ0n) is 22.1. The third kappa shape index (κ3) is 5.46. The van der Waals surface area contributed by atoms with Crippen molar-refractivity contribution in [2.24, 2.45) is 5.92 Å². The van der Waals surface area contributed by atoms with Gasteiger partial charge in [-0.05, 0) is 56.6 Å². The number of aromatic nitrogens is 5. The molecule has 1 unspecified atom stereocenters. The minimum Gasteiger partial charge on any atom is -0.434 e. The minimum absolute atomic E-state index is 0.0915. The summed E-state index contributed by atoms with van der Waals surface area (Å²) >= 11 is 6.21. The maximum atomic E-state index is 13.4. The Morgan fingerprint density at radius 2 is 2.10 bits per heavy atom. The van der Waals surface area contributed by atoms with Gasteiger partial charge in [0.25, 0.3) is 5.91 Å². The fourth-order valence-electron chi connectivity index (χ4n) is 5.76. The Labute approximate surface area is 238 Å². The molecule has 0 saturated carbocycles. The van der Waals surface area contributed by atoms with Crippen LogP contribution in [0.2, 0.25) is 5.02 Å². The second-order valence-corrected chi connectivity index (χ2v) is 10.7. The van der Waals surface area contributed by atoms with Crippen molar-refractivity contribution in [2.45, 2.75) is 32.0 Å². The average molecular weight is 585 g/mol. The molecule has 1 aromatic carbocycles. The van der Waals surface area contributed by atoms with Gasteiger partial charge in [-0.3, -0.25) is 14.3 Å². The van der Waals surface area contributed by atoms with E-state index in [1.54, 1.807) is 12.3 Å². The summed E-state index contributed by atoms with van der Waals surface area (Å²) in [6, 6.07) is 5.99. The molecule has 2 atom stereocenters. The maximum Gasteiger partial charge on any atom is 0.387 e. The number of likely N-dealkylation sites (tertiary alicyclic amines) is 2. The molecule has 2 saturated heterocycles. The molecule has 5 heterocycles. The number of nitrogens with zero attached hydrogens (tertiary/aromatic N) is 7. The Kier molecular flexibility index (Phi) is 7.30. The van der Waals surface area contributed by atoms with Crippen LogP contribution in [0, 0.1) is 5.92 Å². The van der Waals surface area contributed by atoms with Gasteiger partial charge < -0.3 is 19.9 Å². The number of fused-ring (bicyclic) bond motifs is 2. The number of amides is 2. The zero-order chi connectivity index (χ0) is 28.7. The number of anilines is 1. The van der Waals surface area contributed by atoms with E-state index < -0.39 is 12.5 Å². The highest BCUT2D eigenvalue weighted by molar-refractivity contribution is 6.31. The molecule has 3 aromatic heterocycles. The lowest BCUT2D eigenvalue weighted by Crippen LogP contribution is -2.47. The summed E-state index contributed by atoms with van der Waals surface area (Å²) in [5.41, 5.74) is 0.959. The maximum absolute atomic E-state index is 13.4. The van der Waals surface area contributed by atoms with Crippen LogP contribution in [0.25, 0.3) is 16.9 Å². The van der Waals surface area contributed by atoms with E-state index in [-0.39, 0.29) is 51.8 Å². The third-order valence-electron chi connectivity index (χ3n) is 7.60. The normalized spacial score (nSPS) is 19.1. The van der Waals surface area contributed by atoms with Crippen LogP contribution in [-0.2, 0) is 11.3 Å². The molecule has 41 heavy (non-hydrogen) atoms. The molecular formula is C27H27ClF2N8O3. The van der Waals surface area contributed by atoms with Crippen molar-refractivity contribution >= 4 is 34.7 Å². The standard InChI is InChI=1S/C27H27ClF2N8O3/c1-35-9-6-21-16(13-35)5-10-37(21)23(39)15-36-14-20(33-26(40)19-12-32-38-8-2-7-31-25(19)38)24(34-36)18-11-17(28)3-4-22(18)41-27(29)30/h2-4,7-8,11-12,14,16,21,27H,5-6,9-10,13,15H2,1H3,(H,33,40)/t16-,21?/m0/s1. The molecule has 0 bridgehead atoms. The molecule has 14 heteroatoms. The van der Waals surface area contributed by atoms with E-state index in [1.165, 1.54) is 46.0 Å². The van der Waals surface area contributed by atoms with Gasteiger partial charge in [0.2, 0.25) is 5.91 Å². The molecule has 2 aliphatic rings. The van der Waals surface area contributed by atoms with Crippen molar-refractivity contribution in [2.75, 3.05) is 32.0 Å². The van der Waals surface area contributed by atoms with Gasteiger partial charge in [0, 0.05) is 48.3 Å². The Balaban J connectivity index is 1.33. The molecular weight excluding hydrogens is 558 g/mol. The van der Waals surface area contributed by atoms with Gasteiger partial charge in [-0.25, -0.2) is 9.50 Å². The van der Waals surface area contributed by atoms with Crippen molar-refractivity contribution in [1.29, 1.82) is 0 Å². The third-order valence-corrected chi connectivity index (χ3v) is 7.84. The second kappa shape index (κ2) is 11.1. The smallest absolute Gasteiger partial charge is 0.387 e. The number of nitrogens with one attached hydrogen (secondary N) is 1. The van der Waals surface area contributed by atoms with Crippen LogP contribution < -0.4 is 10.1 Å². The number of halogens is 3. The van der Waals surface area contributed by atoms with E-state index in [0.717, 1.165) is 25.9 Å². The van der Waals surface area contributed by atoms with E-state index >= 15 is 0 Å². The Hall–Kier alpha value is -4.10. The molecule has 0 aliphatic carbocycles. The van der Waals surface area contributed by atoms with Gasteiger partial charge in [-0.1, -0.05) is 11.6 Å². The highest BCUT2D eigenvalue weighted by Gasteiger charge is 2.39. The predicted molar refractivity (Wildman–Crippen MR) is 146 cm³/mol. The number of rotatable bonds is 7. The summed E-state index contributed by atoms with van der Waals surface area (Å²) < 4.78 is 34.1. The molecule has 6 rings (SSSR count). The summed E-state index contributed by atoms with van der Waals surface area (Å²) in [5.74, 6) is -0.391. The topological polar surface area (TPSA) is 110 Å². The number of benzene rings is 1. The summed E-state index contributed by atoms with van der Waals surface area (Å²) in [6.07, 6.45) is 7.92. The molecule has 1 N–H and O–H groups in total. The Morgan fingerprint density at radius 3 is 2.93 bits per heavy atom. The first kappa shape index (κ1) is 27.1. The first-order valence-corrected chi connectivity index (χ1v) is 13.5. The highest BCUT2D eigenvalue weighted by atomic mass is 35.5. The van der Waals surface area contributed by atoms with E-state index in [1.807, 2.05) is 4.90 Å². The second-order valence-electron chi connectivity index (χ2n) is 10.3. The molecule has 11 nitrogen and oxygen atoms in total. The van der Waals surface area contributed by atoms with E-state index in [9.17, 15) is 18.4 Å². The summed E-state index contributed by atoms with van der Waals surface area (Å²) in [5, 5.41) is 11.7.